The predicted molar refractivity (Wildman–Crippen MR) is 70.5 cm³/mol. The Morgan fingerprint density at radius 1 is 1.48 bits per heavy atom. The number of carboxylic acids is 1. The number of aromatic amines is 1. The molecule has 10 nitrogen and oxygen atoms in total. The number of carbonyl (C=O) groups excluding carboxylic acids is 1. The molecule has 0 saturated carbocycles. The fourth-order valence-electron chi connectivity index (χ4n) is 1.36. The number of H-pyrrole nitrogens is 1. The van der Waals surface area contributed by atoms with Gasteiger partial charge in [0.1, 0.15) is 6.04 Å². The zero-order chi connectivity index (χ0) is 16.0. The molecule has 21 heavy (non-hydrogen) atoms. The highest BCUT2D eigenvalue weighted by Crippen LogP contribution is 2.00. The van der Waals surface area contributed by atoms with Gasteiger partial charge in [-0.05, 0) is 13.8 Å². The average molecular weight is 320 g/mol. The van der Waals surface area contributed by atoms with Crippen LogP contribution in [0.25, 0.3) is 0 Å². The number of aromatic nitrogens is 2. The fourth-order valence-corrected chi connectivity index (χ4v) is 2.25. The molecule has 0 saturated heterocycles. The third kappa shape index (κ3) is 6.23. The maximum absolute atomic E-state index is 11.7. The molecule has 1 aromatic rings. The van der Waals surface area contributed by atoms with Crippen LogP contribution in [-0.4, -0.2) is 47.7 Å². The first-order valence-corrected chi connectivity index (χ1v) is 7.38. The molecule has 0 radical (unpaired) electrons. The van der Waals surface area contributed by atoms with Crippen LogP contribution in [0.2, 0.25) is 0 Å². The van der Waals surface area contributed by atoms with Crippen LogP contribution in [0.5, 0.6) is 0 Å². The molecule has 0 bridgehead atoms. The summed E-state index contributed by atoms with van der Waals surface area (Å²) in [5.74, 6) is -1.40. The van der Waals surface area contributed by atoms with Crippen molar-refractivity contribution in [3.8, 4) is 0 Å². The van der Waals surface area contributed by atoms with E-state index in [1.54, 1.807) is 4.72 Å². The Morgan fingerprint density at radius 3 is 2.62 bits per heavy atom. The van der Waals surface area contributed by atoms with Crippen molar-refractivity contribution in [2.24, 2.45) is 0 Å². The van der Waals surface area contributed by atoms with E-state index in [1.165, 1.54) is 26.4 Å². The van der Waals surface area contributed by atoms with Gasteiger partial charge >= 0.3 is 22.3 Å². The molecule has 0 aliphatic rings. The van der Waals surface area contributed by atoms with Crippen molar-refractivity contribution in [3.63, 3.8) is 0 Å². The maximum atomic E-state index is 11.7. The van der Waals surface area contributed by atoms with E-state index >= 15 is 0 Å². The van der Waals surface area contributed by atoms with Gasteiger partial charge in [-0.15, -0.1) is 0 Å². The second kappa shape index (κ2) is 7.04. The van der Waals surface area contributed by atoms with Crippen LogP contribution in [0.1, 0.15) is 19.5 Å². The summed E-state index contributed by atoms with van der Waals surface area (Å²) in [5.41, 5.74) is 0.426. The van der Waals surface area contributed by atoms with Crippen molar-refractivity contribution in [1.82, 2.24) is 19.4 Å². The summed E-state index contributed by atoms with van der Waals surface area (Å²) in [7, 11) is -4.36. The topological polar surface area (TPSA) is 150 Å². The lowest BCUT2D eigenvalue weighted by molar-refractivity contribution is -0.138. The molecule has 1 rings (SSSR count). The summed E-state index contributed by atoms with van der Waals surface area (Å²) in [6.45, 7) is 3.08. The summed E-state index contributed by atoms with van der Waals surface area (Å²) in [6, 6.07) is -1.46. The van der Waals surface area contributed by atoms with Crippen LogP contribution in [0.4, 0.5) is 4.79 Å². The largest absolute Gasteiger partial charge is 0.480 e. The van der Waals surface area contributed by atoms with Crippen LogP contribution in [0, 0.1) is 0 Å². The van der Waals surface area contributed by atoms with Gasteiger partial charge in [-0.2, -0.15) is 13.1 Å². The Hall–Kier alpha value is -2.14. The number of hydrogen-bond acceptors (Lipinski definition) is 6. The smallest absolute Gasteiger partial charge is 0.422 e. The third-order valence-electron chi connectivity index (χ3n) is 2.13. The molecule has 1 aromatic heterocycles. The molecular weight excluding hydrogens is 304 g/mol. The summed E-state index contributed by atoms with van der Waals surface area (Å²) in [6.07, 6.45) is 0.838. The van der Waals surface area contributed by atoms with E-state index in [0.29, 0.717) is 5.69 Å². The lowest BCUT2D eigenvalue weighted by Crippen LogP contribution is -2.49. The van der Waals surface area contributed by atoms with Crippen molar-refractivity contribution >= 4 is 22.3 Å². The summed E-state index contributed by atoms with van der Waals surface area (Å²) < 4.78 is 31.3. The van der Waals surface area contributed by atoms with Gasteiger partial charge in [-0.1, -0.05) is 0 Å². The number of nitrogens with one attached hydrogen (secondary N) is 3. The van der Waals surface area contributed by atoms with Crippen molar-refractivity contribution in [3.05, 3.63) is 18.2 Å². The van der Waals surface area contributed by atoms with E-state index in [4.69, 9.17) is 5.11 Å². The highest BCUT2D eigenvalue weighted by atomic mass is 32.2. The molecule has 1 amide bonds. The van der Waals surface area contributed by atoms with Gasteiger partial charge in [0.2, 0.25) is 0 Å². The van der Waals surface area contributed by atoms with Gasteiger partial charge in [-0.3, -0.25) is 4.79 Å². The Balaban J connectivity index is 2.69. The minimum atomic E-state index is -4.36. The molecule has 0 aliphatic heterocycles. The molecular formula is C10H16N4O6S. The first-order valence-electron chi connectivity index (χ1n) is 5.90. The van der Waals surface area contributed by atoms with Gasteiger partial charge in [0.05, 0.1) is 12.4 Å². The van der Waals surface area contributed by atoms with E-state index in [2.05, 4.69) is 14.7 Å². The predicted octanol–water partition coefficient (Wildman–Crippen LogP) is -0.626. The number of hydrogen-bond donors (Lipinski definition) is 4. The van der Waals surface area contributed by atoms with E-state index in [-0.39, 0.29) is 6.42 Å². The average Bonchev–Trinajstić information content (AvgIpc) is 2.78. The first kappa shape index (κ1) is 16.9. The van der Waals surface area contributed by atoms with Crippen LogP contribution in [0.3, 0.4) is 0 Å². The molecule has 1 heterocycles. The number of rotatable bonds is 7. The second-order valence-electron chi connectivity index (χ2n) is 4.35. The number of carboxylic acid groups (broad SMARTS) is 1. The van der Waals surface area contributed by atoms with E-state index < -0.39 is 34.4 Å². The number of aliphatic carboxylic acids is 1. The number of ether oxygens (including phenoxy) is 1. The van der Waals surface area contributed by atoms with Gasteiger partial charge in [0, 0.05) is 18.3 Å². The molecule has 1 atom stereocenters. The highest BCUT2D eigenvalue weighted by molar-refractivity contribution is 7.88. The van der Waals surface area contributed by atoms with Crippen LogP contribution in [0.15, 0.2) is 12.5 Å². The van der Waals surface area contributed by atoms with E-state index in [9.17, 15) is 18.0 Å². The first-order chi connectivity index (χ1) is 9.69. The molecule has 0 unspecified atom stereocenters. The lowest BCUT2D eigenvalue weighted by atomic mass is 10.2. The van der Waals surface area contributed by atoms with Gasteiger partial charge < -0.3 is 14.8 Å². The number of amides is 1. The van der Waals surface area contributed by atoms with Gasteiger partial charge in [0.25, 0.3) is 0 Å². The quantitative estimate of drug-likeness (QED) is 0.522. The molecule has 11 heteroatoms. The Labute approximate surface area is 121 Å². The summed E-state index contributed by atoms with van der Waals surface area (Å²) in [4.78, 5) is 28.6. The second-order valence-corrected chi connectivity index (χ2v) is 5.80. The van der Waals surface area contributed by atoms with Crippen molar-refractivity contribution < 1.29 is 27.9 Å². The maximum Gasteiger partial charge on any atom is 0.422 e. The van der Waals surface area contributed by atoms with Gasteiger partial charge in [0.15, 0.2) is 0 Å². The molecule has 4 N–H and O–H groups in total. The molecule has 0 fully saturated rings. The summed E-state index contributed by atoms with van der Waals surface area (Å²) >= 11 is 0. The Morgan fingerprint density at radius 2 is 2.14 bits per heavy atom. The Bertz CT molecular complexity index is 583. The molecule has 118 valence electrons. The number of imidazole rings is 1. The summed E-state index contributed by atoms with van der Waals surface area (Å²) in [5, 5.41) is 9.01. The van der Waals surface area contributed by atoms with Crippen LogP contribution >= 0.6 is 0 Å². The van der Waals surface area contributed by atoms with Crippen LogP contribution < -0.4 is 9.44 Å². The van der Waals surface area contributed by atoms with Crippen molar-refractivity contribution in [2.45, 2.75) is 32.4 Å². The monoisotopic (exact) mass is 320 g/mol. The zero-order valence-corrected chi connectivity index (χ0v) is 12.2. The minimum absolute atomic E-state index is 0.157. The van der Waals surface area contributed by atoms with Crippen LogP contribution in [-0.2, 0) is 26.2 Å². The number of carbonyl (C=O) groups is 2. The third-order valence-corrected chi connectivity index (χ3v) is 3.17. The van der Waals surface area contributed by atoms with Crippen molar-refractivity contribution in [1.29, 1.82) is 0 Å². The SMILES string of the molecule is CC(C)OC(=O)NS(=O)(=O)N[C@@H](Cc1cnc[nH]1)C(=O)O. The normalized spacial score (nSPS) is 12.9. The Kier molecular flexibility index (Phi) is 5.67. The molecule has 0 aliphatic carbocycles. The molecule has 0 aromatic carbocycles. The number of nitrogens with zero attached hydrogens (tertiary/aromatic N) is 1. The molecule has 0 spiro atoms. The van der Waals surface area contributed by atoms with Gasteiger partial charge in [-0.25, -0.2) is 14.5 Å². The van der Waals surface area contributed by atoms with E-state index in [1.807, 2.05) is 4.72 Å². The lowest BCUT2D eigenvalue weighted by Gasteiger charge is -2.15. The minimum Gasteiger partial charge on any atom is -0.480 e. The standard InChI is InChI=1S/C10H16N4O6S/c1-6(2)20-10(17)14-21(18,19)13-8(9(15)16)3-7-4-11-5-12-7/h4-6,8,13H,3H2,1-2H3,(H,11,12)(H,14,17)(H,15,16)/t8-/m0/s1. The fraction of sp³-hybridized carbons (Fsp3) is 0.500. The zero-order valence-electron chi connectivity index (χ0n) is 11.4. The van der Waals surface area contributed by atoms with Crippen molar-refractivity contribution in [2.75, 3.05) is 0 Å². The highest BCUT2D eigenvalue weighted by Gasteiger charge is 2.26. The van der Waals surface area contributed by atoms with E-state index in [0.717, 1.165) is 0 Å².